The van der Waals surface area contributed by atoms with E-state index in [1.807, 2.05) is 6.92 Å². The Labute approximate surface area is 94.7 Å². The average molecular weight is 220 g/mol. The molecule has 1 aromatic rings. The molecule has 0 radical (unpaired) electrons. The number of rotatable bonds is 2. The van der Waals surface area contributed by atoms with Crippen LogP contribution in [0.15, 0.2) is 18.7 Å². The standard InChI is InChI=1S/C11H16N4O/c1-11(3-2-4-12-7-11)10(16)15-9-5-13-8-14-6-9/h5-6,8,12H,2-4,7H2,1H3,(H,15,16). The topological polar surface area (TPSA) is 66.9 Å². The summed E-state index contributed by atoms with van der Waals surface area (Å²) in [5.41, 5.74) is 0.327. The quantitative estimate of drug-likeness (QED) is 0.773. The van der Waals surface area contributed by atoms with Gasteiger partial charge >= 0.3 is 0 Å². The van der Waals surface area contributed by atoms with E-state index in [1.54, 1.807) is 12.4 Å². The van der Waals surface area contributed by atoms with E-state index >= 15 is 0 Å². The van der Waals surface area contributed by atoms with Crippen LogP contribution in [-0.4, -0.2) is 29.0 Å². The Morgan fingerprint density at radius 3 is 2.88 bits per heavy atom. The molecule has 0 bridgehead atoms. The molecule has 86 valence electrons. The van der Waals surface area contributed by atoms with Gasteiger partial charge in [-0.05, 0) is 26.3 Å². The zero-order valence-electron chi connectivity index (χ0n) is 9.36. The van der Waals surface area contributed by atoms with Crippen molar-refractivity contribution in [1.82, 2.24) is 15.3 Å². The third-order valence-corrected chi connectivity index (χ3v) is 2.96. The normalized spacial score (nSPS) is 25.1. The first-order valence-electron chi connectivity index (χ1n) is 5.48. The maximum absolute atomic E-state index is 12.1. The highest BCUT2D eigenvalue weighted by Crippen LogP contribution is 2.26. The Kier molecular flexibility index (Phi) is 3.14. The minimum atomic E-state index is -0.325. The SMILES string of the molecule is CC1(C(=O)Nc2cncnc2)CCCNC1. The molecular formula is C11H16N4O. The number of hydrogen-bond acceptors (Lipinski definition) is 4. The van der Waals surface area contributed by atoms with Crippen LogP contribution >= 0.6 is 0 Å². The van der Waals surface area contributed by atoms with Gasteiger partial charge in [-0.2, -0.15) is 0 Å². The van der Waals surface area contributed by atoms with Crippen molar-refractivity contribution in [1.29, 1.82) is 0 Å². The molecule has 0 saturated carbocycles. The van der Waals surface area contributed by atoms with Crippen LogP contribution < -0.4 is 10.6 Å². The zero-order chi connectivity index (χ0) is 11.4. The van der Waals surface area contributed by atoms with E-state index in [9.17, 15) is 4.79 Å². The average Bonchev–Trinajstić information content (AvgIpc) is 2.31. The van der Waals surface area contributed by atoms with Crippen molar-refractivity contribution < 1.29 is 4.79 Å². The molecule has 1 aliphatic heterocycles. The minimum Gasteiger partial charge on any atom is -0.323 e. The van der Waals surface area contributed by atoms with Crippen LogP contribution in [0, 0.1) is 5.41 Å². The number of nitrogens with zero attached hydrogens (tertiary/aromatic N) is 2. The Hall–Kier alpha value is -1.49. The molecule has 2 N–H and O–H groups in total. The molecule has 1 unspecified atom stereocenters. The molecule has 0 aliphatic carbocycles. The Bertz CT molecular complexity index is 360. The number of aromatic nitrogens is 2. The minimum absolute atomic E-state index is 0.0366. The summed E-state index contributed by atoms with van der Waals surface area (Å²) in [6.07, 6.45) is 6.60. The van der Waals surface area contributed by atoms with Crippen molar-refractivity contribution in [2.75, 3.05) is 18.4 Å². The largest absolute Gasteiger partial charge is 0.323 e. The van der Waals surface area contributed by atoms with Gasteiger partial charge in [-0.3, -0.25) is 4.79 Å². The van der Waals surface area contributed by atoms with Gasteiger partial charge in [0.05, 0.1) is 23.5 Å². The second-order valence-corrected chi connectivity index (χ2v) is 4.42. The highest BCUT2D eigenvalue weighted by Gasteiger charge is 2.34. The number of hydrogen-bond donors (Lipinski definition) is 2. The number of carbonyl (C=O) groups is 1. The summed E-state index contributed by atoms with van der Waals surface area (Å²) in [5.74, 6) is 0.0366. The van der Waals surface area contributed by atoms with Crippen LogP contribution in [0.1, 0.15) is 19.8 Å². The van der Waals surface area contributed by atoms with E-state index in [-0.39, 0.29) is 11.3 Å². The van der Waals surface area contributed by atoms with Crippen molar-refractivity contribution in [2.45, 2.75) is 19.8 Å². The number of anilines is 1. The zero-order valence-corrected chi connectivity index (χ0v) is 9.36. The predicted molar refractivity (Wildman–Crippen MR) is 60.9 cm³/mol. The third-order valence-electron chi connectivity index (χ3n) is 2.96. The van der Waals surface area contributed by atoms with Gasteiger partial charge in [0.2, 0.25) is 5.91 Å². The maximum atomic E-state index is 12.1. The Balaban J connectivity index is 2.02. The van der Waals surface area contributed by atoms with E-state index in [1.165, 1.54) is 6.33 Å². The molecule has 1 atom stereocenters. The lowest BCUT2D eigenvalue weighted by atomic mass is 9.82. The fraction of sp³-hybridized carbons (Fsp3) is 0.545. The molecule has 5 nitrogen and oxygen atoms in total. The van der Waals surface area contributed by atoms with E-state index < -0.39 is 0 Å². The summed E-state index contributed by atoms with van der Waals surface area (Å²) in [7, 11) is 0. The predicted octanol–water partition coefficient (Wildman–Crippen LogP) is 0.805. The molecule has 1 aromatic heterocycles. The molecular weight excluding hydrogens is 204 g/mol. The van der Waals surface area contributed by atoms with Gasteiger partial charge < -0.3 is 10.6 Å². The van der Waals surface area contributed by atoms with Gasteiger partial charge in [0, 0.05) is 6.54 Å². The van der Waals surface area contributed by atoms with Crippen LogP contribution in [0.4, 0.5) is 5.69 Å². The first-order chi connectivity index (χ1) is 7.71. The van der Waals surface area contributed by atoms with Crippen LogP contribution in [0.2, 0.25) is 0 Å². The van der Waals surface area contributed by atoms with Crippen molar-refractivity contribution in [3.05, 3.63) is 18.7 Å². The van der Waals surface area contributed by atoms with Gasteiger partial charge in [0.15, 0.2) is 0 Å². The third kappa shape index (κ3) is 2.36. The van der Waals surface area contributed by atoms with Crippen molar-refractivity contribution in [2.24, 2.45) is 5.41 Å². The molecule has 16 heavy (non-hydrogen) atoms. The molecule has 1 aliphatic rings. The number of piperidine rings is 1. The summed E-state index contributed by atoms with van der Waals surface area (Å²) in [6.45, 7) is 3.71. The van der Waals surface area contributed by atoms with Crippen LogP contribution in [0.25, 0.3) is 0 Å². The monoisotopic (exact) mass is 220 g/mol. The second kappa shape index (κ2) is 4.57. The molecule has 0 aromatic carbocycles. The summed E-state index contributed by atoms with van der Waals surface area (Å²) < 4.78 is 0. The van der Waals surface area contributed by atoms with Gasteiger partial charge in [-0.15, -0.1) is 0 Å². The van der Waals surface area contributed by atoms with Crippen LogP contribution in [0.3, 0.4) is 0 Å². The fourth-order valence-electron chi connectivity index (χ4n) is 1.90. The summed E-state index contributed by atoms with van der Waals surface area (Å²) in [5, 5.41) is 6.10. The van der Waals surface area contributed by atoms with E-state index in [4.69, 9.17) is 0 Å². The number of nitrogens with one attached hydrogen (secondary N) is 2. The van der Waals surface area contributed by atoms with E-state index in [0.717, 1.165) is 25.9 Å². The van der Waals surface area contributed by atoms with Gasteiger partial charge in [0.1, 0.15) is 6.33 Å². The summed E-state index contributed by atoms with van der Waals surface area (Å²) in [6, 6.07) is 0. The van der Waals surface area contributed by atoms with Gasteiger partial charge in [-0.25, -0.2) is 9.97 Å². The van der Waals surface area contributed by atoms with Crippen molar-refractivity contribution in [3.8, 4) is 0 Å². The Morgan fingerprint density at radius 1 is 1.50 bits per heavy atom. The highest BCUT2D eigenvalue weighted by molar-refractivity contribution is 5.95. The van der Waals surface area contributed by atoms with Crippen LogP contribution in [0.5, 0.6) is 0 Å². The molecule has 1 fully saturated rings. The lowest BCUT2D eigenvalue weighted by molar-refractivity contribution is -0.125. The smallest absolute Gasteiger partial charge is 0.231 e. The second-order valence-electron chi connectivity index (χ2n) is 4.42. The molecule has 1 amide bonds. The first-order valence-corrected chi connectivity index (χ1v) is 5.48. The van der Waals surface area contributed by atoms with E-state index in [2.05, 4.69) is 20.6 Å². The lowest BCUT2D eigenvalue weighted by Crippen LogP contribution is -2.46. The number of carbonyl (C=O) groups excluding carboxylic acids is 1. The van der Waals surface area contributed by atoms with Crippen molar-refractivity contribution in [3.63, 3.8) is 0 Å². The molecule has 1 saturated heterocycles. The number of amides is 1. The van der Waals surface area contributed by atoms with E-state index in [0.29, 0.717) is 5.69 Å². The summed E-state index contributed by atoms with van der Waals surface area (Å²) >= 11 is 0. The van der Waals surface area contributed by atoms with Crippen molar-refractivity contribution >= 4 is 11.6 Å². The first kappa shape index (κ1) is 11.0. The molecule has 5 heteroatoms. The highest BCUT2D eigenvalue weighted by atomic mass is 16.2. The lowest BCUT2D eigenvalue weighted by Gasteiger charge is -2.32. The van der Waals surface area contributed by atoms with Gasteiger partial charge in [-0.1, -0.05) is 0 Å². The summed E-state index contributed by atoms with van der Waals surface area (Å²) in [4.78, 5) is 19.8. The van der Waals surface area contributed by atoms with Gasteiger partial charge in [0.25, 0.3) is 0 Å². The van der Waals surface area contributed by atoms with Crippen LogP contribution in [-0.2, 0) is 4.79 Å². The molecule has 0 spiro atoms. The fourth-order valence-corrected chi connectivity index (χ4v) is 1.90. The molecule has 2 rings (SSSR count). The maximum Gasteiger partial charge on any atom is 0.231 e. The Morgan fingerprint density at radius 2 is 2.25 bits per heavy atom. The molecule has 2 heterocycles.